The van der Waals surface area contributed by atoms with Crippen LogP contribution in [0.15, 0.2) is 17.5 Å². The standard InChI is InChI=1S/C9H15NO/c1-8(2,3)9(4)5-6-11-10-7-9/h5-7H,1-4H3. The highest BCUT2D eigenvalue weighted by molar-refractivity contribution is 5.69. The first-order valence-electron chi connectivity index (χ1n) is 3.84. The molecule has 1 atom stereocenters. The van der Waals surface area contributed by atoms with Gasteiger partial charge < -0.3 is 4.84 Å². The van der Waals surface area contributed by atoms with Gasteiger partial charge in [-0.3, -0.25) is 0 Å². The van der Waals surface area contributed by atoms with Gasteiger partial charge in [0.25, 0.3) is 0 Å². The Morgan fingerprint density at radius 3 is 2.27 bits per heavy atom. The molecule has 1 aliphatic heterocycles. The largest absolute Gasteiger partial charge is 0.365 e. The molecule has 0 N–H and O–H groups in total. The first-order chi connectivity index (χ1) is 4.96. The average molecular weight is 153 g/mol. The van der Waals surface area contributed by atoms with E-state index >= 15 is 0 Å². The van der Waals surface area contributed by atoms with Crippen LogP contribution in [-0.2, 0) is 4.84 Å². The van der Waals surface area contributed by atoms with Crippen molar-refractivity contribution >= 4 is 6.21 Å². The second kappa shape index (κ2) is 2.36. The Hall–Kier alpha value is -0.790. The van der Waals surface area contributed by atoms with E-state index in [-0.39, 0.29) is 10.8 Å². The number of rotatable bonds is 0. The molecule has 0 fully saturated rings. The highest BCUT2D eigenvalue weighted by Crippen LogP contribution is 2.39. The van der Waals surface area contributed by atoms with Crippen LogP contribution in [0.1, 0.15) is 27.7 Å². The lowest BCUT2D eigenvalue weighted by Crippen LogP contribution is -2.33. The number of hydrogen-bond acceptors (Lipinski definition) is 2. The van der Waals surface area contributed by atoms with Crippen LogP contribution in [-0.4, -0.2) is 6.21 Å². The molecule has 0 radical (unpaired) electrons. The van der Waals surface area contributed by atoms with Gasteiger partial charge in [0.15, 0.2) is 0 Å². The Labute approximate surface area is 67.9 Å². The number of oxime groups is 1. The molecule has 0 saturated carbocycles. The zero-order chi connectivity index (χ0) is 8.54. The second-order valence-electron chi connectivity index (χ2n) is 4.18. The maximum atomic E-state index is 4.75. The van der Waals surface area contributed by atoms with Crippen LogP contribution >= 0.6 is 0 Å². The molecule has 0 aromatic heterocycles. The zero-order valence-electron chi connectivity index (χ0n) is 7.59. The molecule has 1 unspecified atom stereocenters. The van der Waals surface area contributed by atoms with Crippen LogP contribution in [0.25, 0.3) is 0 Å². The van der Waals surface area contributed by atoms with Crippen LogP contribution in [0.5, 0.6) is 0 Å². The molecule has 62 valence electrons. The summed E-state index contributed by atoms with van der Waals surface area (Å²) in [4.78, 5) is 4.75. The highest BCUT2D eigenvalue weighted by atomic mass is 16.6. The van der Waals surface area contributed by atoms with Crippen molar-refractivity contribution in [2.75, 3.05) is 0 Å². The van der Waals surface area contributed by atoms with E-state index in [1.165, 1.54) is 0 Å². The molecule has 0 saturated heterocycles. The minimum absolute atomic E-state index is 0.0191. The summed E-state index contributed by atoms with van der Waals surface area (Å²) in [6.07, 6.45) is 5.54. The van der Waals surface area contributed by atoms with Gasteiger partial charge in [-0.15, -0.1) is 0 Å². The minimum atomic E-state index is 0.0191. The predicted molar refractivity (Wildman–Crippen MR) is 46.3 cm³/mol. The van der Waals surface area contributed by atoms with E-state index in [0.29, 0.717) is 0 Å². The third kappa shape index (κ3) is 1.44. The van der Waals surface area contributed by atoms with Crippen LogP contribution in [0.4, 0.5) is 0 Å². The summed E-state index contributed by atoms with van der Waals surface area (Å²) in [6.45, 7) is 8.72. The van der Waals surface area contributed by atoms with Gasteiger partial charge in [0.05, 0.1) is 6.21 Å². The van der Waals surface area contributed by atoms with Gasteiger partial charge in [0.2, 0.25) is 0 Å². The van der Waals surface area contributed by atoms with Gasteiger partial charge in [-0.1, -0.05) is 32.9 Å². The van der Waals surface area contributed by atoms with Crippen molar-refractivity contribution in [3.63, 3.8) is 0 Å². The van der Waals surface area contributed by atoms with Crippen molar-refractivity contribution in [1.29, 1.82) is 0 Å². The molecular formula is C9H15NO. The van der Waals surface area contributed by atoms with E-state index in [9.17, 15) is 0 Å². The summed E-state index contributed by atoms with van der Waals surface area (Å²) in [5, 5.41) is 3.78. The predicted octanol–water partition coefficient (Wildman–Crippen LogP) is 2.57. The first-order valence-corrected chi connectivity index (χ1v) is 3.84. The lowest BCUT2D eigenvalue weighted by Gasteiger charge is -2.36. The average Bonchev–Trinajstić information content (AvgIpc) is 1.87. The molecule has 11 heavy (non-hydrogen) atoms. The maximum absolute atomic E-state index is 4.75. The van der Waals surface area contributed by atoms with Crippen molar-refractivity contribution in [1.82, 2.24) is 0 Å². The summed E-state index contributed by atoms with van der Waals surface area (Å²) in [5.74, 6) is 0. The van der Waals surface area contributed by atoms with Gasteiger partial charge in [0, 0.05) is 5.41 Å². The van der Waals surface area contributed by atoms with Crippen molar-refractivity contribution in [2.45, 2.75) is 27.7 Å². The molecule has 2 heteroatoms. The summed E-state index contributed by atoms with van der Waals surface area (Å²) in [6, 6.07) is 0. The van der Waals surface area contributed by atoms with Crippen LogP contribution in [0.3, 0.4) is 0 Å². The third-order valence-corrected chi connectivity index (χ3v) is 2.47. The Kier molecular flexibility index (Phi) is 1.78. The Morgan fingerprint density at radius 2 is 2.00 bits per heavy atom. The maximum Gasteiger partial charge on any atom is 0.119 e. The van der Waals surface area contributed by atoms with Crippen LogP contribution in [0.2, 0.25) is 0 Å². The van der Waals surface area contributed by atoms with E-state index in [2.05, 4.69) is 32.9 Å². The number of hydrogen-bond donors (Lipinski definition) is 0. The number of nitrogens with zero attached hydrogens (tertiary/aromatic N) is 1. The topological polar surface area (TPSA) is 21.6 Å². The highest BCUT2D eigenvalue weighted by Gasteiger charge is 2.35. The molecule has 1 rings (SSSR count). The van der Waals surface area contributed by atoms with E-state index in [1.807, 2.05) is 12.3 Å². The summed E-state index contributed by atoms with van der Waals surface area (Å²) in [7, 11) is 0. The summed E-state index contributed by atoms with van der Waals surface area (Å²) < 4.78 is 0. The van der Waals surface area contributed by atoms with Gasteiger partial charge in [0.1, 0.15) is 6.26 Å². The second-order valence-corrected chi connectivity index (χ2v) is 4.18. The number of allylic oxidation sites excluding steroid dienone is 1. The van der Waals surface area contributed by atoms with Gasteiger partial charge in [-0.05, 0) is 11.5 Å². The lowest BCUT2D eigenvalue weighted by atomic mass is 9.69. The molecule has 0 amide bonds. The normalized spacial score (nSPS) is 30.2. The molecule has 0 aromatic carbocycles. The fourth-order valence-corrected chi connectivity index (χ4v) is 0.834. The Bertz CT molecular complexity index is 186. The van der Waals surface area contributed by atoms with Crippen molar-refractivity contribution < 1.29 is 4.84 Å². The molecule has 1 heterocycles. The molecule has 0 aliphatic carbocycles. The Morgan fingerprint density at radius 1 is 1.36 bits per heavy atom. The van der Waals surface area contributed by atoms with Crippen LogP contribution in [0, 0.1) is 10.8 Å². The smallest absolute Gasteiger partial charge is 0.119 e. The summed E-state index contributed by atoms with van der Waals surface area (Å²) >= 11 is 0. The molecule has 0 aromatic rings. The van der Waals surface area contributed by atoms with E-state index < -0.39 is 0 Å². The third-order valence-electron chi connectivity index (χ3n) is 2.47. The molecular weight excluding hydrogens is 138 g/mol. The first kappa shape index (κ1) is 8.31. The minimum Gasteiger partial charge on any atom is -0.365 e. The summed E-state index contributed by atoms with van der Waals surface area (Å²) in [5.41, 5.74) is 0.210. The van der Waals surface area contributed by atoms with E-state index in [0.717, 1.165) is 0 Å². The van der Waals surface area contributed by atoms with Gasteiger partial charge in [-0.2, -0.15) is 0 Å². The monoisotopic (exact) mass is 153 g/mol. The van der Waals surface area contributed by atoms with Crippen molar-refractivity contribution in [2.24, 2.45) is 16.0 Å². The SMILES string of the molecule is CC(C)(C)C1(C)C=CON=C1. The lowest BCUT2D eigenvalue weighted by molar-refractivity contribution is 0.201. The van der Waals surface area contributed by atoms with E-state index in [4.69, 9.17) is 4.84 Å². The fourth-order valence-electron chi connectivity index (χ4n) is 0.834. The van der Waals surface area contributed by atoms with Crippen molar-refractivity contribution in [3.8, 4) is 0 Å². The molecule has 2 nitrogen and oxygen atoms in total. The van der Waals surface area contributed by atoms with Gasteiger partial charge >= 0.3 is 0 Å². The molecule has 0 spiro atoms. The Balaban J connectivity index is 2.90. The quantitative estimate of drug-likeness (QED) is 0.524. The fraction of sp³-hybridized carbons (Fsp3) is 0.667. The zero-order valence-corrected chi connectivity index (χ0v) is 7.59. The molecule has 0 bridgehead atoms. The van der Waals surface area contributed by atoms with Crippen molar-refractivity contribution in [3.05, 3.63) is 12.3 Å². The van der Waals surface area contributed by atoms with E-state index in [1.54, 1.807) is 6.26 Å². The van der Waals surface area contributed by atoms with Gasteiger partial charge in [-0.25, -0.2) is 0 Å². The molecule has 1 aliphatic rings. The van der Waals surface area contributed by atoms with Crippen LogP contribution < -0.4 is 0 Å².